The van der Waals surface area contributed by atoms with Gasteiger partial charge in [0.25, 0.3) is 0 Å². The van der Waals surface area contributed by atoms with Crippen molar-refractivity contribution in [3.8, 4) is 17.0 Å². The van der Waals surface area contributed by atoms with Gasteiger partial charge in [0.15, 0.2) is 0 Å². The monoisotopic (exact) mass is 433 g/mol. The van der Waals surface area contributed by atoms with Crippen molar-refractivity contribution in [2.45, 2.75) is 19.8 Å². The average Bonchev–Trinajstić information content (AvgIpc) is 3.12. The molecule has 1 fully saturated rings. The van der Waals surface area contributed by atoms with Gasteiger partial charge in [0.2, 0.25) is 10.0 Å². The number of benzene rings is 1. The van der Waals surface area contributed by atoms with E-state index in [1.54, 1.807) is 0 Å². The first kappa shape index (κ1) is 22.5. The maximum absolute atomic E-state index is 12.5. The smallest absolute Gasteiger partial charge is 0.238 e. The number of aryl methyl sites for hydroxylation is 2. The van der Waals surface area contributed by atoms with Crippen LogP contribution in [0.4, 0.5) is 0 Å². The highest BCUT2D eigenvalue weighted by Gasteiger charge is 2.35. The van der Waals surface area contributed by atoms with E-state index >= 15 is 0 Å². The lowest BCUT2D eigenvalue weighted by atomic mass is 9.89. The Bertz CT molecular complexity index is 980. The van der Waals surface area contributed by atoms with Crippen LogP contribution < -0.4 is 4.74 Å². The third-order valence-electron chi connectivity index (χ3n) is 5.65. The molecule has 0 bridgehead atoms. The van der Waals surface area contributed by atoms with Crippen molar-refractivity contribution in [3.05, 3.63) is 47.5 Å². The highest BCUT2D eigenvalue weighted by atomic mass is 32.2. The molecule has 0 spiro atoms. The Kier molecular flexibility index (Phi) is 7.00. The maximum Gasteiger partial charge on any atom is 0.238 e. The summed E-state index contributed by atoms with van der Waals surface area (Å²) in [5.74, 6) is 0.478. The number of rotatable bonds is 8. The van der Waals surface area contributed by atoms with Crippen LogP contribution in [-0.4, -0.2) is 56.4 Å². The van der Waals surface area contributed by atoms with Crippen LogP contribution in [0.15, 0.2) is 41.8 Å². The number of hydrogen-bond acceptors (Lipinski definition) is 5. The van der Waals surface area contributed by atoms with E-state index in [2.05, 4.69) is 24.7 Å². The van der Waals surface area contributed by atoms with Gasteiger partial charge in [0, 0.05) is 50.8 Å². The molecule has 1 aromatic heterocycles. The summed E-state index contributed by atoms with van der Waals surface area (Å²) in [6.45, 7) is 7.35. The van der Waals surface area contributed by atoms with E-state index in [-0.39, 0.29) is 16.7 Å². The minimum absolute atomic E-state index is 0.0662. The Morgan fingerprint density at radius 1 is 1.33 bits per heavy atom. The zero-order valence-corrected chi connectivity index (χ0v) is 19.0. The summed E-state index contributed by atoms with van der Waals surface area (Å²) in [4.78, 5) is 0.238. The number of sulfonamides is 1. The fourth-order valence-corrected chi connectivity index (χ4v) is 4.88. The van der Waals surface area contributed by atoms with Crippen LogP contribution >= 0.6 is 0 Å². The minimum Gasteiger partial charge on any atom is -0.493 e. The summed E-state index contributed by atoms with van der Waals surface area (Å²) in [7, 11) is 1.49. The normalized spacial score (nSPS) is 19.8. The molecule has 0 aliphatic carbocycles. The molecule has 30 heavy (non-hydrogen) atoms. The van der Waals surface area contributed by atoms with E-state index in [1.165, 1.54) is 24.1 Å². The summed E-state index contributed by atoms with van der Waals surface area (Å²) in [6, 6.07) is 9.90. The van der Waals surface area contributed by atoms with Crippen molar-refractivity contribution < 1.29 is 17.9 Å². The first-order valence-corrected chi connectivity index (χ1v) is 11.6. The van der Waals surface area contributed by atoms with Crippen LogP contribution in [-0.2, 0) is 28.2 Å². The molecule has 0 N–H and O–H groups in total. The van der Waals surface area contributed by atoms with Crippen LogP contribution in [0.2, 0.25) is 0 Å². The van der Waals surface area contributed by atoms with Gasteiger partial charge in [0.05, 0.1) is 23.8 Å². The molecule has 2 aromatic rings. The van der Waals surface area contributed by atoms with Crippen molar-refractivity contribution in [2.24, 2.45) is 18.9 Å². The van der Waals surface area contributed by atoms with Crippen molar-refractivity contribution >= 4 is 10.0 Å². The Hall–Kier alpha value is -2.16. The van der Waals surface area contributed by atoms with Gasteiger partial charge in [-0.25, -0.2) is 12.7 Å². The summed E-state index contributed by atoms with van der Waals surface area (Å²) in [6.07, 6.45) is 1.56. The molecule has 2 heterocycles. The van der Waals surface area contributed by atoms with Crippen molar-refractivity contribution in [1.82, 2.24) is 14.1 Å². The zero-order chi connectivity index (χ0) is 21.9. The van der Waals surface area contributed by atoms with E-state index in [0.29, 0.717) is 26.2 Å². The van der Waals surface area contributed by atoms with Crippen LogP contribution in [0.5, 0.6) is 5.75 Å². The average molecular weight is 434 g/mol. The zero-order valence-electron chi connectivity index (χ0n) is 18.2. The molecule has 1 aromatic carbocycles. The summed E-state index contributed by atoms with van der Waals surface area (Å²) in [5.41, 5.74) is 3.15. The molecular formula is C22H31N3O4S. The second-order valence-electron chi connectivity index (χ2n) is 7.82. The molecule has 0 radical (unpaired) electrons. The molecule has 164 valence electrons. The molecular weight excluding hydrogens is 402 g/mol. The topological polar surface area (TPSA) is 73.7 Å². The third kappa shape index (κ3) is 4.77. The van der Waals surface area contributed by atoms with Crippen LogP contribution in [0.25, 0.3) is 11.3 Å². The fourth-order valence-electron chi connectivity index (χ4n) is 3.71. The van der Waals surface area contributed by atoms with Gasteiger partial charge >= 0.3 is 0 Å². The van der Waals surface area contributed by atoms with Gasteiger partial charge in [-0.05, 0) is 43.2 Å². The first-order valence-electron chi connectivity index (χ1n) is 10.2. The Morgan fingerprint density at radius 2 is 2.03 bits per heavy atom. The summed E-state index contributed by atoms with van der Waals surface area (Å²) >= 11 is 0. The molecule has 1 saturated heterocycles. The van der Waals surface area contributed by atoms with Gasteiger partial charge in [-0.15, -0.1) is 0 Å². The number of allylic oxidation sites excluding steroid dienone is 1. The van der Waals surface area contributed by atoms with E-state index in [9.17, 15) is 8.42 Å². The van der Waals surface area contributed by atoms with E-state index < -0.39 is 10.0 Å². The van der Waals surface area contributed by atoms with Gasteiger partial charge in [-0.3, -0.25) is 4.68 Å². The predicted octanol–water partition coefficient (Wildman–Crippen LogP) is 3.09. The Morgan fingerprint density at radius 3 is 2.63 bits per heavy atom. The lowest BCUT2D eigenvalue weighted by Gasteiger charge is -2.33. The maximum atomic E-state index is 12.5. The van der Waals surface area contributed by atoms with Crippen molar-refractivity contribution in [2.75, 3.05) is 33.9 Å². The minimum atomic E-state index is -3.51. The van der Waals surface area contributed by atoms with E-state index in [4.69, 9.17) is 9.47 Å². The Labute approximate surface area is 179 Å². The summed E-state index contributed by atoms with van der Waals surface area (Å²) < 4.78 is 39.7. The third-order valence-corrected chi connectivity index (χ3v) is 7.58. The number of nitrogens with zero attached hydrogens (tertiary/aromatic N) is 3. The highest BCUT2D eigenvalue weighted by molar-refractivity contribution is 7.92. The lowest BCUT2D eigenvalue weighted by molar-refractivity contribution is 0.0105. The number of ether oxygens (including phenoxy) is 2. The van der Waals surface area contributed by atoms with Gasteiger partial charge in [-0.1, -0.05) is 13.5 Å². The highest BCUT2D eigenvalue weighted by Crippen LogP contribution is 2.32. The predicted molar refractivity (Wildman–Crippen MR) is 118 cm³/mol. The van der Waals surface area contributed by atoms with Crippen molar-refractivity contribution in [3.63, 3.8) is 0 Å². The quantitative estimate of drug-likeness (QED) is 0.640. The molecule has 2 unspecified atom stereocenters. The van der Waals surface area contributed by atoms with Crippen LogP contribution in [0.3, 0.4) is 0 Å². The Balaban J connectivity index is 1.66. The molecule has 0 amide bonds. The fraction of sp³-hybridized carbons (Fsp3) is 0.500. The second kappa shape index (κ2) is 9.32. The standard InChI is InChI=1S/C22H31N3O4S/c1-6-19-13-22(23-25(19)5)17-7-9-20(10-8-17)29-15-18-14-28-12-11-21(18)16(2)30(26,27)24(3)4/h7-10,13,18,21H,2,6,11-12,14-15H2,1,3-5H3. The second-order valence-corrected chi connectivity index (χ2v) is 10.0. The van der Waals surface area contributed by atoms with Crippen molar-refractivity contribution in [1.29, 1.82) is 0 Å². The van der Waals surface area contributed by atoms with E-state index in [1.807, 2.05) is 36.0 Å². The molecule has 7 nitrogen and oxygen atoms in total. The van der Waals surface area contributed by atoms with Crippen LogP contribution in [0, 0.1) is 11.8 Å². The summed E-state index contributed by atoms with van der Waals surface area (Å²) in [5, 5.41) is 4.56. The molecule has 3 rings (SSSR count). The van der Waals surface area contributed by atoms with Gasteiger partial charge in [0.1, 0.15) is 5.75 Å². The largest absolute Gasteiger partial charge is 0.493 e. The van der Waals surface area contributed by atoms with E-state index in [0.717, 1.165) is 23.4 Å². The number of aromatic nitrogens is 2. The SMILES string of the molecule is C=C(C1CCOCC1COc1ccc(-c2cc(CC)n(C)n2)cc1)S(=O)(=O)N(C)C. The lowest BCUT2D eigenvalue weighted by Crippen LogP contribution is -2.37. The number of hydrogen-bond donors (Lipinski definition) is 0. The molecule has 8 heteroatoms. The van der Waals surface area contributed by atoms with Crippen LogP contribution in [0.1, 0.15) is 19.0 Å². The first-order chi connectivity index (χ1) is 14.2. The molecule has 2 atom stereocenters. The molecule has 1 aliphatic rings. The van der Waals surface area contributed by atoms with Gasteiger partial charge < -0.3 is 9.47 Å². The molecule has 0 saturated carbocycles. The van der Waals surface area contributed by atoms with Gasteiger partial charge in [-0.2, -0.15) is 5.10 Å². The molecule has 1 aliphatic heterocycles.